The Morgan fingerprint density at radius 2 is 1.36 bits per heavy atom. The Kier molecular flexibility index (Phi) is 8.32. The van der Waals surface area contributed by atoms with Crippen LogP contribution in [0.15, 0.2) is 90.5 Å². The van der Waals surface area contributed by atoms with E-state index < -0.39 is 8.80 Å². The summed E-state index contributed by atoms with van der Waals surface area (Å²) in [4.78, 5) is 0. The summed E-state index contributed by atoms with van der Waals surface area (Å²) >= 11 is 1.59. The number of benzene rings is 4. The molecule has 36 heavy (non-hydrogen) atoms. The van der Waals surface area contributed by atoms with Crippen LogP contribution in [0.5, 0.6) is 0 Å². The van der Waals surface area contributed by atoms with Crippen LogP contribution in [0.2, 0.25) is 13.1 Å². The summed E-state index contributed by atoms with van der Waals surface area (Å²) in [6.07, 6.45) is 3.61. The predicted octanol–water partition coefficient (Wildman–Crippen LogP) is 1.61. The first-order chi connectivity index (χ1) is 16.6. The van der Waals surface area contributed by atoms with E-state index in [0.29, 0.717) is 9.54 Å². The van der Waals surface area contributed by atoms with Gasteiger partial charge in [0, 0.05) is 0 Å². The number of halogens is 2. The third-order valence-electron chi connectivity index (χ3n) is 7.73. The van der Waals surface area contributed by atoms with Crippen molar-refractivity contribution in [1.29, 1.82) is 0 Å². The number of fused-ring (bicyclic) bond motifs is 4. The third kappa shape index (κ3) is 4.25. The molecule has 2 atom stereocenters. The zero-order valence-corrected chi connectivity index (χ0v) is 26.0. The van der Waals surface area contributed by atoms with E-state index >= 15 is 0 Å². The Hall–Kier alpha value is -1.70. The van der Waals surface area contributed by atoms with Gasteiger partial charge in [0.05, 0.1) is 0 Å². The summed E-state index contributed by atoms with van der Waals surface area (Å²) in [5, 5.41) is 1.65. The normalized spacial score (nSPS) is 17.0. The molecular weight excluding hydrogens is 575 g/mol. The molecule has 4 aromatic rings. The maximum Gasteiger partial charge on any atom is -1.00 e. The van der Waals surface area contributed by atoms with Crippen LogP contribution < -0.4 is 30.0 Å². The molecule has 2 aliphatic rings. The molecule has 2 unspecified atom stereocenters. The van der Waals surface area contributed by atoms with Crippen LogP contribution in [0.3, 0.4) is 0 Å². The van der Waals surface area contributed by atoms with Gasteiger partial charge in [-0.3, -0.25) is 0 Å². The molecule has 6 rings (SSSR count). The second kappa shape index (κ2) is 11.0. The fraction of sp³-hybridized carbons (Fsp3) is 0.188. The molecular formula is C32H29Cl2SiZr. The summed E-state index contributed by atoms with van der Waals surface area (Å²) in [6.45, 7) is 7.33. The summed E-state index contributed by atoms with van der Waals surface area (Å²) in [6, 6.07) is 31.9. The first-order valence-corrected chi connectivity index (χ1v) is 16.8. The van der Waals surface area contributed by atoms with E-state index in [1.54, 1.807) is 46.6 Å². The molecule has 0 radical (unpaired) electrons. The summed E-state index contributed by atoms with van der Waals surface area (Å²) < 4.78 is 0.528. The van der Waals surface area contributed by atoms with Crippen LogP contribution in [0.4, 0.5) is 0 Å². The van der Waals surface area contributed by atoms with Crippen molar-refractivity contribution in [2.45, 2.75) is 36.0 Å². The van der Waals surface area contributed by atoms with Gasteiger partial charge in [-0.05, 0) is 0 Å². The maximum atomic E-state index is 2.52. The SMILES string of the molecule is CCC1=Cc2c(-c3ccccc3)cccc2C1c1c([SiH](C)C)ccc2c1[CH]([Zr+2])c1ccccc1-2.[Cl-].[Cl-]. The molecule has 0 saturated heterocycles. The molecule has 4 aromatic carbocycles. The largest absolute Gasteiger partial charge is 1.00 e. The number of hydrogen-bond donors (Lipinski definition) is 0. The van der Waals surface area contributed by atoms with Crippen molar-refractivity contribution in [2.75, 3.05) is 0 Å². The number of rotatable bonds is 4. The van der Waals surface area contributed by atoms with E-state index in [4.69, 9.17) is 0 Å². The number of hydrogen-bond acceptors (Lipinski definition) is 0. The Bertz CT molecular complexity index is 1440. The van der Waals surface area contributed by atoms with Gasteiger partial charge in [-0.15, -0.1) is 0 Å². The monoisotopic (exact) mass is 601 g/mol. The standard InChI is InChI=1S/C32H29Si.2ClH.Zr/c1-4-21-19-28-24(22-11-6-5-7-12-22)15-10-16-27(28)31(21)32-29-20-23-13-8-9-14-25(23)26(29)17-18-30(32)33(2)3;;;/h5-20,31,33H,4H2,1-3H3;2*1H;/q;;;+2/p-2. The van der Waals surface area contributed by atoms with Crippen LogP contribution in [-0.4, -0.2) is 8.80 Å². The first-order valence-electron chi connectivity index (χ1n) is 12.5. The summed E-state index contributed by atoms with van der Waals surface area (Å²) in [7, 11) is -1.03. The van der Waals surface area contributed by atoms with Crippen LogP contribution in [0.1, 0.15) is 50.7 Å². The molecule has 0 bridgehead atoms. The van der Waals surface area contributed by atoms with Gasteiger partial charge >= 0.3 is 221 Å². The van der Waals surface area contributed by atoms with Gasteiger partial charge in [0.2, 0.25) is 0 Å². The van der Waals surface area contributed by atoms with Crippen LogP contribution in [0.25, 0.3) is 28.3 Å². The van der Waals surface area contributed by atoms with E-state index in [-0.39, 0.29) is 24.8 Å². The van der Waals surface area contributed by atoms with Gasteiger partial charge in [-0.2, -0.15) is 0 Å². The molecule has 0 saturated carbocycles. The van der Waals surface area contributed by atoms with Crippen molar-refractivity contribution in [3.63, 3.8) is 0 Å². The summed E-state index contributed by atoms with van der Waals surface area (Å²) in [5.74, 6) is 0.376. The fourth-order valence-electron chi connectivity index (χ4n) is 6.16. The Morgan fingerprint density at radius 3 is 2.08 bits per heavy atom. The Balaban J connectivity index is 0.00000152. The minimum absolute atomic E-state index is 0. The molecule has 2 aliphatic carbocycles. The van der Waals surface area contributed by atoms with Gasteiger partial charge in [0.25, 0.3) is 0 Å². The Morgan fingerprint density at radius 1 is 0.694 bits per heavy atom. The van der Waals surface area contributed by atoms with Crippen molar-refractivity contribution < 1.29 is 49.5 Å². The molecule has 179 valence electrons. The van der Waals surface area contributed by atoms with Crippen molar-refractivity contribution in [1.82, 2.24) is 0 Å². The molecule has 0 heterocycles. The molecule has 0 aliphatic heterocycles. The fourth-order valence-corrected chi connectivity index (χ4v) is 8.96. The van der Waals surface area contributed by atoms with Crippen molar-refractivity contribution in [2.24, 2.45) is 0 Å². The van der Waals surface area contributed by atoms with Gasteiger partial charge in [-0.25, -0.2) is 0 Å². The molecule has 4 heteroatoms. The Labute approximate surface area is 244 Å². The van der Waals surface area contributed by atoms with Gasteiger partial charge < -0.3 is 24.8 Å². The molecule has 0 spiro atoms. The second-order valence-corrected chi connectivity index (χ2v) is 14.2. The van der Waals surface area contributed by atoms with E-state index in [1.165, 1.54) is 38.9 Å². The van der Waals surface area contributed by atoms with Crippen LogP contribution >= 0.6 is 0 Å². The van der Waals surface area contributed by atoms with Crippen molar-refractivity contribution in [3.8, 4) is 22.3 Å². The molecule has 0 aromatic heterocycles. The zero-order valence-electron chi connectivity index (χ0n) is 20.9. The van der Waals surface area contributed by atoms with E-state index in [1.807, 2.05) is 0 Å². The maximum absolute atomic E-state index is 2.52. The number of allylic oxidation sites excluding steroid dienone is 1. The zero-order chi connectivity index (χ0) is 23.4. The van der Waals surface area contributed by atoms with E-state index in [9.17, 15) is 0 Å². The van der Waals surface area contributed by atoms with Crippen LogP contribution in [-0.2, 0) is 24.7 Å². The quantitative estimate of drug-likeness (QED) is 0.311. The van der Waals surface area contributed by atoms with Crippen molar-refractivity contribution >= 4 is 20.1 Å². The average Bonchev–Trinajstić information content (AvgIpc) is 3.39. The van der Waals surface area contributed by atoms with Gasteiger partial charge in [-0.1, -0.05) is 0 Å². The van der Waals surface area contributed by atoms with E-state index in [0.717, 1.165) is 6.42 Å². The molecule has 0 fully saturated rings. The topological polar surface area (TPSA) is 0 Å². The second-order valence-electron chi connectivity index (χ2n) is 9.88. The third-order valence-corrected chi connectivity index (χ3v) is 10.9. The average molecular weight is 604 g/mol. The molecule has 0 nitrogen and oxygen atoms in total. The molecule has 0 N–H and O–H groups in total. The molecule has 0 amide bonds. The van der Waals surface area contributed by atoms with Crippen LogP contribution in [0, 0.1) is 0 Å². The van der Waals surface area contributed by atoms with Gasteiger partial charge in [0.1, 0.15) is 0 Å². The summed E-state index contributed by atoms with van der Waals surface area (Å²) in [5.41, 5.74) is 14.9. The smallest absolute Gasteiger partial charge is 1.00 e. The predicted molar refractivity (Wildman–Crippen MR) is 144 cm³/mol. The van der Waals surface area contributed by atoms with E-state index in [2.05, 4.69) is 111 Å². The van der Waals surface area contributed by atoms with Crippen molar-refractivity contribution in [3.05, 3.63) is 118 Å². The van der Waals surface area contributed by atoms with Gasteiger partial charge in [0.15, 0.2) is 0 Å². The minimum atomic E-state index is -1.03. The first kappa shape index (κ1) is 27.3. The minimum Gasteiger partial charge on any atom is -1.00 e.